The zero-order chi connectivity index (χ0) is 3.41. The number of hydrogen-bond donors (Lipinski definition) is 1. The summed E-state index contributed by atoms with van der Waals surface area (Å²) in [6, 6.07) is 0. The first-order valence-corrected chi connectivity index (χ1v) is 1.35. The van der Waals surface area contributed by atoms with Gasteiger partial charge in [-0.05, 0) is 0 Å². The minimum atomic E-state index is -0.571. The van der Waals surface area contributed by atoms with Crippen LogP contribution in [0.5, 0.6) is 0 Å². The van der Waals surface area contributed by atoms with Crippen LogP contribution in [0, 0.1) is 0 Å². The lowest BCUT2D eigenvalue weighted by atomic mass is 13.6. The smallest absolute Gasteiger partial charge is 0.172 e. The van der Waals surface area contributed by atoms with E-state index < -0.39 is 11.5 Å². The SMILES string of the molecule is O=[SH-]=NO. The van der Waals surface area contributed by atoms with Crippen LogP contribution in [0.15, 0.2) is 4.53 Å². The first-order chi connectivity index (χ1) is 1.91. The third kappa shape index (κ3) is 1.91. The molecule has 1 N–H and O–H groups in total. The van der Waals surface area contributed by atoms with Crippen LogP contribution in [0.2, 0.25) is 0 Å². The Morgan fingerprint density at radius 1 is 2.00 bits per heavy atom. The fourth-order valence-corrected chi connectivity index (χ4v) is 0. The maximum absolute atomic E-state index is 8.85. The lowest BCUT2D eigenvalue weighted by Crippen LogP contribution is -1.33. The molecular weight excluding hydrogens is 78.1 g/mol. The first-order valence-electron chi connectivity index (χ1n) is 0.583. The number of thiol groups is 1. The molecule has 0 rings (SSSR count). The van der Waals surface area contributed by atoms with E-state index in [9.17, 15) is 0 Å². The molecule has 26 valence electrons. The van der Waals surface area contributed by atoms with Gasteiger partial charge in [0.1, 0.15) is 0 Å². The Balaban J connectivity index is 3.11. The summed E-state index contributed by atoms with van der Waals surface area (Å²) in [7, 11) is 0. The van der Waals surface area contributed by atoms with Gasteiger partial charge in [-0.1, -0.05) is 0 Å². The highest BCUT2D eigenvalue weighted by molar-refractivity contribution is 7.54. The second-order valence-electron chi connectivity index (χ2n) is 0.171. The van der Waals surface area contributed by atoms with Gasteiger partial charge in [0.25, 0.3) is 0 Å². The fraction of sp³-hybridized carbons (Fsp3) is 0. The molecule has 0 heterocycles. The standard InChI is InChI=1S/H2NO2S/c2-1-4-3/h2,4H/q-1. The van der Waals surface area contributed by atoms with Crippen LogP contribution in [-0.2, 0) is 15.7 Å². The van der Waals surface area contributed by atoms with Gasteiger partial charge in [-0.15, -0.1) is 0 Å². The summed E-state index contributed by atoms with van der Waals surface area (Å²) in [6.45, 7) is 0. The van der Waals surface area contributed by atoms with Crippen molar-refractivity contribution in [3.63, 3.8) is 0 Å². The van der Waals surface area contributed by atoms with Crippen LogP contribution >= 0.6 is 0 Å². The summed E-state index contributed by atoms with van der Waals surface area (Å²) in [5, 5.41) is 7.18. The van der Waals surface area contributed by atoms with Crippen LogP contribution in [0.25, 0.3) is 0 Å². The van der Waals surface area contributed by atoms with Gasteiger partial charge >= 0.3 is 0 Å². The lowest BCUT2D eigenvalue weighted by Gasteiger charge is -1.57. The first kappa shape index (κ1) is 3.91. The molecule has 0 radical (unpaired) electrons. The molecule has 0 bridgehead atoms. The highest BCUT2D eigenvalue weighted by atomic mass is 32.1. The van der Waals surface area contributed by atoms with E-state index in [0.717, 1.165) is 0 Å². The van der Waals surface area contributed by atoms with Crippen molar-refractivity contribution in [2.24, 2.45) is 4.53 Å². The van der Waals surface area contributed by atoms with E-state index in [2.05, 4.69) is 4.53 Å². The van der Waals surface area contributed by atoms with E-state index in [1.165, 1.54) is 0 Å². The summed E-state index contributed by atoms with van der Waals surface area (Å²) in [4.78, 5) is 0. The minimum Gasteiger partial charge on any atom is -0.445 e. The summed E-state index contributed by atoms with van der Waals surface area (Å²) >= 11 is -0.571. The average molecular weight is 80.1 g/mol. The van der Waals surface area contributed by atoms with Crippen LogP contribution in [0.4, 0.5) is 0 Å². The van der Waals surface area contributed by atoms with E-state index >= 15 is 0 Å². The second kappa shape index (κ2) is 2.91. The molecule has 0 aliphatic heterocycles. The Bertz CT molecular complexity index is 44.0. The Hall–Kier alpha value is -0.0900. The van der Waals surface area contributed by atoms with Crippen molar-refractivity contribution in [2.45, 2.75) is 0 Å². The lowest BCUT2D eigenvalue weighted by molar-refractivity contribution is 0.327. The van der Waals surface area contributed by atoms with Crippen molar-refractivity contribution >= 4 is 11.5 Å². The van der Waals surface area contributed by atoms with Crippen molar-refractivity contribution in [3.05, 3.63) is 0 Å². The summed E-state index contributed by atoms with van der Waals surface area (Å²) in [5.41, 5.74) is 0. The van der Waals surface area contributed by atoms with Gasteiger partial charge in [0, 0.05) is 0 Å². The van der Waals surface area contributed by atoms with Crippen LogP contribution in [0.3, 0.4) is 0 Å². The Labute approximate surface area is 26.5 Å². The molecule has 0 unspecified atom stereocenters. The predicted molar refractivity (Wildman–Crippen MR) is 13.7 cm³/mol. The van der Waals surface area contributed by atoms with Gasteiger partial charge < -0.3 is 4.21 Å². The molecule has 4 heteroatoms. The highest BCUT2D eigenvalue weighted by Gasteiger charge is 1.05. The molecule has 4 heavy (non-hydrogen) atoms. The molecule has 0 aromatic carbocycles. The summed E-state index contributed by atoms with van der Waals surface area (Å²) in [6.07, 6.45) is 0. The second-order valence-corrected chi connectivity index (χ2v) is 0.513. The molecular formula is H2NO2S-. The summed E-state index contributed by atoms with van der Waals surface area (Å²) < 4.78 is 11.0. The fourth-order valence-electron chi connectivity index (χ4n) is 0. The zero-order valence-corrected chi connectivity index (χ0v) is 2.64. The van der Waals surface area contributed by atoms with Crippen molar-refractivity contribution in [1.29, 1.82) is 0 Å². The van der Waals surface area contributed by atoms with Gasteiger partial charge in [-0.25, -0.2) is 0 Å². The third-order valence-electron chi connectivity index (χ3n) is 0.0365. The van der Waals surface area contributed by atoms with Gasteiger partial charge in [-0.2, -0.15) is 11.5 Å². The molecule has 0 aromatic heterocycles. The molecule has 0 atom stereocenters. The molecule has 0 saturated heterocycles. The van der Waals surface area contributed by atoms with E-state index in [0.29, 0.717) is 0 Å². The Kier molecular flexibility index (Phi) is 2.84. The number of nitrogens with zero attached hydrogens (tertiary/aromatic N) is 1. The van der Waals surface area contributed by atoms with Crippen LogP contribution in [-0.4, -0.2) is 5.21 Å². The van der Waals surface area contributed by atoms with Crippen LogP contribution < -0.4 is 0 Å². The Morgan fingerprint density at radius 2 is 2.25 bits per heavy atom. The monoisotopic (exact) mass is 80.0 g/mol. The van der Waals surface area contributed by atoms with E-state index in [1.807, 2.05) is 0 Å². The average Bonchev–Trinajstić information content (AvgIpc) is 1.37. The van der Waals surface area contributed by atoms with Crippen LogP contribution in [0.1, 0.15) is 0 Å². The molecule has 0 saturated carbocycles. The molecule has 0 aromatic rings. The van der Waals surface area contributed by atoms with E-state index in [-0.39, 0.29) is 0 Å². The molecule has 0 fully saturated rings. The molecule has 0 aliphatic rings. The van der Waals surface area contributed by atoms with Crippen molar-refractivity contribution in [1.82, 2.24) is 0 Å². The topological polar surface area (TPSA) is 49.7 Å². The zero-order valence-electron chi connectivity index (χ0n) is 1.75. The molecule has 0 amide bonds. The van der Waals surface area contributed by atoms with Crippen molar-refractivity contribution in [2.75, 3.05) is 0 Å². The van der Waals surface area contributed by atoms with Gasteiger partial charge in [0.05, 0.1) is 0 Å². The molecule has 3 nitrogen and oxygen atoms in total. The quantitative estimate of drug-likeness (QED) is 0.247. The third-order valence-corrected chi connectivity index (χ3v) is 0.110. The van der Waals surface area contributed by atoms with E-state index in [1.54, 1.807) is 0 Å². The van der Waals surface area contributed by atoms with Gasteiger partial charge in [0.15, 0.2) is 0 Å². The largest absolute Gasteiger partial charge is 0.445 e. The molecule has 0 aliphatic carbocycles. The minimum absolute atomic E-state index is 0.571. The van der Waals surface area contributed by atoms with Crippen molar-refractivity contribution < 1.29 is 9.42 Å². The molecule has 0 spiro atoms. The summed E-state index contributed by atoms with van der Waals surface area (Å²) in [5.74, 6) is 0. The Morgan fingerprint density at radius 3 is 2.25 bits per heavy atom. The highest BCUT2D eigenvalue weighted by Crippen LogP contribution is 1.32. The maximum atomic E-state index is 8.85. The maximum Gasteiger partial charge on any atom is -0.172 e. The normalized spacial score (nSPS) is 6.25. The van der Waals surface area contributed by atoms with Crippen molar-refractivity contribution in [3.8, 4) is 0 Å². The van der Waals surface area contributed by atoms with Gasteiger partial charge in [-0.3, -0.25) is 9.73 Å². The van der Waals surface area contributed by atoms with E-state index in [4.69, 9.17) is 9.42 Å². The predicted octanol–water partition coefficient (Wildman–Crippen LogP) is -0.280. The van der Waals surface area contributed by atoms with Gasteiger partial charge in [0.2, 0.25) is 0 Å². The number of hydrogen-bond acceptors (Lipinski definition) is 3. The number of rotatable bonds is 0.